The first kappa shape index (κ1) is 18.9. The smallest absolute Gasteiger partial charge is 0.281 e. The van der Waals surface area contributed by atoms with Crippen LogP contribution in [0.5, 0.6) is 5.88 Å². The number of aromatic hydroxyl groups is 1. The van der Waals surface area contributed by atoms with Gasteiger partial charge in [0.25, 0.3) is 5.56 Å². The molecule has 0 spiro atoms. The molecule has 6 heteroatoms. The lowest BCUT2D eigenvalue weighted by Gasteiger charge is -2.25. The van der Waals surface area contributed by atoms with E-state index < -0.39 is 5.56 Å². The number of fused-ring (bicyclic) bond motifs is 1. The zero-order chi connectivity index (χ0) is 20.4. The Morgan fingerprint density at radius 3 is 2.52 bits per heavy atom. The van der Waals surface area contributed by atoms with Crippen LogP contribution in [-0.2, 0) is 0 Å². The van der Waals surface area contributed by atoms with Crippen molar-refractivity contribution in [3.8, 4) is 11.9 Å². The van der Waals surface area contributed by atoms with Gasteiger partial charge in [-0.3, -0.25) is 9.36 Å². The number of nitrogens with zero attached hydrogens (tertiary/aromatic N) is 4. The minimum atomic E-state index is -0.393. The van der Waals surface area contributed by atoms with E-state index in [2.05, 4.69) is 10.2 Å². The number of azo groups is 1. The molecule has 0 atom stereocenters. The van der Waals surface area contributed by atoms with Crippen molar-refractivity contribution in [1.29, 1.82) is 5.26 Å². The second-order valence-corrected chi connectivity index (χ2v) is 7.48. The van der Waals surface area contributed by atoms with E-state index in [1.54, 1.807) is 6.92 Å². The topological polar surface area (TPSA) is 90.7 Å². The van der Waals surface area contributed by atoms with Crippen LogP contribution in [0.15, 0.2) is 57.5 Å². The third-order valence-electron chi connectivity index (χ3n) is 5.65. The Hall–Kier alpha value is -3.46. The first-order chi connectivity index (χ1) is 14.1. The van der Waals surface area contributed by atoms with Gasteiger partial charge in [-0.15, -0.1) is 5.11 Å². The van der Waals surface area contributed by atoms with E-state index in [0.29, 0.717) is 11.3 Å². The number of pyridine rings is 1. The molecule has 4 rings (SSSR count). The molecule has 0 unspecified atom stereocenters. The molecule has 1 aliphatic carbocycles. The average Bonchev–Trinajstić information content (AvgIpc) is 2.74. The summed E-state index contributed by atoms with van der Waals surface area (Å²) in [7, 11) is 0. The molecule has 1 aromatic heterocycles. The highest BCUT2D eigenvalue weighted by Gasteiger charge is 2.25. The number of hydrogen-bond acceptors (Lipinski definition) is 5. The highest BCUT2D eigenvalue weighted by atomic mass is 16.3. The van der Waals surface area contributed by atoms with Crippen LogP contribution in [0.2, 0.25) is 0 Å². The van der Waals surface area contributed by atoms with Gasteiger partial charge in [-0.05, 0) is 42.7 Å². The fourth-order valence-electron chi connectivity index (χ4n) is 4.05. The predicted molar refractivity (Wildman–Crippen MR) is 112 cm³/mol. The fourth-order valence-corrected chi connectivity index (χ4v) is 4.05. The van der Waals surface area contributed by atoms with Gasteiger partial charge in [0, 0.05) is 11.6 Å². The van der Waals surface area contributed by atoms with Crippen LogP contribution in [0.4, 0.5) is 11.4 Å². The minimum absolute atomic E-state index is 0.0858. The molecule has 2 aromatic carbocycles. The fraction of sp³-hybridized carbons (Fsp3) is 0.304. The summed E-state index contributed by atoms with van der Waals surface area (Å²) in [4.78, 5) is 13.2. The summed E-state index contributed by atoms with van der Waals surface area (Å²) < 4.78 is 1.35. The van der Waals surface area contributed by atoms with Crippen LogP contribution >= 0.6 is 0 Å². The lowest BCUT2D eigenvalue weighted by Crippen LogP contribution is -2.27. The maximum absolute atomic E-state index is 13.2. The number of hydrogen-bond donors (Lipinski definition) is 1. The van der Waals surface area contributed by atoms with Crippen LogP contribution in [0, 0.1) is 18.3 Å². The van der Waals surface area contributed by atoms with E-state index in [4.69, 9.17) is 0 Å². The summed E-state index contributed by atoms with van der Waals surface area (Å²) in [6.45, 7) is 1.62. The van der Waals surface area contributed by atoms with Crippen LogP contribution in [0.1, 0.15) is 49.3 Å². The Labute approximate surface area is 168 Å². The summed E-state index contributed by atoms with van der Waals surface area (Å²) in [6, 6.07) is 15.5. The SMILES string of the molecule is Cc1c(C#N)c(O)n(C2CCCCC2)c(=O)c1N=Nc1ccc2ccccc2c1. The molecule has 1 heterocycles. The Morgan fingerprint density at radius 2 is 1.79 bits per heavy atom. The maximum atomic E-state index is 13.2. The van der Waals surface area contributed by atoms with E-state index in [1.165, 1.54) is 4.57 Å². The van der Waals surface area contributed by atoms with Gasteiger partial charge in [-0.2, -0.15) is 10.4 Å². The lowest BCUT2D eigenvalue weighted by molar-refractivity contribution is 0.303. The number of aromatic nitrogens is 1. The average molecular weight is 386 g/mol. The van der Waals surface area contributed by atoms with Gasteiger partial charge in [-0.1, -0.05) is 49.6 Å². The molecule has 0 radical (unpaired) electrons. The largest absolute Gasteiger partial charge is 0.493 e. The summed E-state index contributed by atoms with van der Waals surface area (Å²) in [5.74, 6) is -0.258. The molecule has 0 bridgehead atoms. The van der Waals surface area contributed by atoms with E-state index >= 15 is 0 Å². The number of nitriles is 1. The highest BCUT2D eigenvalue weighted by molar-refractivity contribution is 5.85. The normalized spacial score (nSPS) is 15.0. The molecule has 3 aromatic rings. The van der Waals surface area contributed by atoms with Crippen molar-refractivity contribution in [3.63, 3.8) is 0 Å². The first-order valence-corrected chi connectivity index (χ1v) is 9.89. The molecule has 0 aliphatic heterocycles. The van der Waals surface area contributed by atoms with Crippen molar-refractivity contribution in [3.05, 3.63) is 63.9 Å². The monoisotopic (exact) mass is 386 g/mol. The van der Waals surface area contributed by atoms with Crippen LogP contribution in [0.3, 0.4) is 0 Å². The summed E-state index contributed by atoms with van der Waals surface area (Å²) >= 11 is 0. The van der Waals surface area contributed by atoms with Gasteiger partial charge < -0.3 is 5.11 Å². The highest BCUT2D eigenvalue weighted by Crippen LogP contribution is 2.34. The van der Waals surface area contributed by atoms with Gasteiger partial charge in [-0.25, -0.2) is 0 Å². The molecule has 6 nitrogen and oxygen atoms in total. The third-order valence-corrected chi connectivity index (χ3v) is 5.65. The molecule has 1 aliphatic rings. The zero-order valence-corrected chi connectivity index (χ0v) is 16.3. The Morgan fingerprint density at radius 1 is 1.07 bits per heavy atom. The molecule has 29 heavy (non-hydrogen) atoms. The van der Waals surface area contributed by atoms with Crippen LogP contribution < -0.4 is 5.56 Å². The van der Waals surface area contributed by atoms with Crippen molar-refractivity contribution in [2.24, 2.45) is 10.2 Å². The first-order valence-electron chi connectivity index (χ1n) is 9.89. The molecule has 1 fully saturated rings. The lowest BCUT2D eigenvalue weighted by atomic mass is 9.94. The van der Waals surface area contributed by atoms with Crippen molar-refractivity contribution in [2.75, 3.05) is 0 Å². The summed E-state index contributed by atoms with van der Waals surface area (Å²) in [5.41, 5.74) is 0.779. The van der Waals surface area contributed by atoms with Gasteiger partial charge in [0.15, 0.2) is 5.69 Å². The Bertz CT molecular complexity index is 1200. The Balaban J connectivity index is 1.80. The molecule has 0 saturated heterocycles. The second-order valence-electron chi connectivity index (χ2n) is 7.48. The van der Waals surface area contributed by atoms with Gasteiger partial charge in [0.2, 0.25) is 5.88 Å². The molecule has 1 N–H and O–H groups in total. The van der Waals surface area contributed by atoms with E-state index in [9.17, 15) is 15.2 Å². The molecule has 146 valence electrons. The second kappa shape index (κ2) is 7.88. The van der Waals surface area contributed by atoms with E-state index in [0.717, 1.165) is 42.9 Å². The minimum Gasteiger partial charge on any atom is -0.493 e. The maximum Gasteiger partial charge on any atom is 0.281 e. The van der Waals surface area contributed by atoms with Crippen molar-refractivity contribution < 1.29 is 5.11 Å². The Kier molecular flexibility index (Phi) is 5.13. The van der Waals surface area contributed by atoms with Gasteiger partial charge in [0.05, 0.1) is 5.69 Å². The van der Waals surface area contributed by atoms with Crippen molar-refractivity contribution in [1.82, 2.24) is 4.57 Å². The quantitative estimate of drug-likeness (QED) is 0.576. The molecule has 0 amide bonds. The standard InChI is InChI=1S/C23H22N4O2/c1-15-20(14-24)22(28)27(19-9-3-2-4-10-19)23(29)21(15)26-25-18-12-11-16-7-5-6-8-17(16)13-18/h5-8,11-13,19,28H,2-4,9-10H2,1H3. The van der Waals surface area contributed by atoms with E-state index in [-0.39, 0.29) is 23.2 Å². The molecule has 1 saturated carbocycles. The number of rotatable bonds is 3. The molecular formula is C23H22N4O2. The molecular weight excluding hydrogens is 364 g/mol. The van der Waals surface area contributed by atoms with E-state index in [1.807, 2.05) is 48.5 Å². The van der Waals surface area contributed by atoms with Gasteiger partial charge >= 0.3 is 0 Å². The van der Waals surface area contributed by atoms with Crippen molar-refractivity contribution in [2.45, 2.75) is 45.1 Å². The van der Waals surface area contributed by atoms with Crippen molar-refractivity contribution >= 4 is 22.1 Å². The third kappa shape index (κ3) is 3.52. The van der Waals surface area contributed by atoms with Crippen LogP contribution in [0.25, 0.3) is 10.8 Å². The van der Waals surface area contributed by atoms with Crippen LogP contribution in [-0.4, -0.2) is 9.67 Å². The predicted octanol–water partition coefficient (Wildman–Crippen LogP) is 5.81. The zero-order valence-electron chi connectivity index (χ0n) is 16.3. The summed E-state index contributed by atoms with van der Waals surface area (Å²) in [5, 5.41) is 30.7. The number of benzene rings is 2. The summed E-state index contributed by atoms with van der Waals surface area (Å²) in [6.07, 6.45) is 4.74. The van der Waals surface area contributed by atoms with Gasteiger partial charge in [0.1, 0.15) is 11.6 Å².